The van der Waals surface area contributed by atoms with Crippen LogP contribution in [0.1, 0.15) is 50.9 Å². The second-order valence-corrected chi connectivity index (χ2v) is 10.3. The van der Waals surface area contributed by atoms with E-state index in [1.54, 1.807) is 10.7 Å². The number of fused-ring (bicyclic) bond motifs is 1. The zero-order chi connectivity index (χ0) is 21.1. The summed E-state index contributed by atoms with van der Waals surface area (Å²) in [5.41, 5.74) is 2.96. The number of likely N-dealkylation sites (tertiary alicyclic amines) is 1. The number of rotatable bonds is 6. The van der Waals surface area contributed by atoms with E-state index in [2.05, 4.69) is 20.3 Å². The molecule has 4 rings (SSSR count). The first-order chi connectivity index (χ1) is 14.5. The third-order valence-electron chi connectivity index (χ3n) is 5.86. The van der Waals surface area contributed by atoms with Crippen LogP contribution in [0.5, 0.6) is 0 Å². The molecule has 1 saturated heterocycles. The minimum Gasteiger partial charge on any atom is -0.350 e. The number of nitrogens with zero attached hydrogens (tertiary/aromatic N) is 4. The number of aryl methyl sites for hydroxylation is 3. The maximum Gasteiger partial charge on any atom is 0.267 e. The zero-order valence-corrected chi connectivity index (χ0v) is 19.3. The molecule has 1 unspecified atom stereocenters. The topological polar surface area (TPSA) is 80.1 Å². The highest BCUT2D eigenvalue weighted by Gasteiger charge is 2.24. The van der Waals surface area contributed by atoms with Gasteiger partial charge in [0.2, 0.25) is 0 Å². The molecule has 2 aromatic heterocycles. The number of hydrogen-bond acceptors (Lipinski definition) is 7. The number of carbonyl (C=O) groups is 1. The Labute approximate surface area is 185 Å². The minimum atomic E-state index is -0.0333. The van der Waals surface area contributed by atoms with Gasteiger partial charge in [-0.1, -0.05) is 6.42 Å². The van der Waals surface area contributed by atoms with Crippen molar-refractivity contribution in [3.63, 3.8) is 0 Å². The average molecular weight is 448 g/mol. The van der Waals surface area contributed by atoms with Crippen LogP contribution in [0.25, 0.3) is 0 Å². The van der Waals surface area contributed by atoms with Crippen molar-refractivity contribution in [2.45, 2.75) is 57.9 Å². The molecule has 0 saturated carbocycles. The Bertz CT molecular complexity index is 971. The van der Waals surface area contributed by atoms with Crippen molar-refractivity contribution in [1.82, 2.24) is 25.0 Å². The summed E-state index contributed by atoms with van der Waals surface area (Å²) in [7, 11) is 0. The van der Waals surface area contributed by atoms with Crippen LogP contribution in [-0.4, -0.2) is 57.0 Å². The number of piperidine rings is 1. The van der Waals surface area contributed by atoms with Crippen molar-refractivity contribution in [2.24, 2.45) is 0 Å². The zero-order valence-electron chi connectivity index (χ0n) is 17.6. The van der Waals surface area contributed by atoms with Crippen LogP contribution >= 0.6 is 23.1 Å². The van der Waals surface area contributed by atoms with E-state index in [-0.39, 0.29) is 11.5 Å². The van der Waals surface area contributed by atoms with E-state index in [1.165, 1.54) is 17.8 Å². The minimum absolute atomic E-state index is 0.00541. The second-order valence-electron chi connectivity index (χ2n) is 8.02. The molecule has 1 fully saturated rings. The Morgan fingerprint density at radius 2 is 2.17 bits per heavy atom. The van der Waals surface area contributed by atoms with Crippen LogP contribution in [-0.2, 0) is 18.7 Å². The average Bonchev–Trinajstić information content (AvgIpc) is 3.09. The fourth-order valence-electron chi connectivity index (χ4n) is 4.25. The largest absolute Gasteiger partial charge is 0.350 e. The molecule has 1 N–H and O–H groups in total. The van der Waals surface area contributed by atoms with Gasteiger partial charge in [0.1, 0.15) is 4.88 Å². The number of hydrogen-bond donors (Lipinski definition) is 1. The maximum absolute atomic E-state index is 12.6. The molecule has 0 bridgehead atoms. The van der Waals surface area contributed by atoms with Crippen LogP contribution in [0.3, 0.4) is 0 Å². The first kappa shape index (κ1) is 21.5. The lowest BCUT2D eigenvalue weighted by atomic mass is 10.0. The normalized spacial score (nSPS) is 19.5. The SMILES string of the molecule is Cc1nc(C)c(C(=O)NCC2CCCCN2CCn2nc3c(cc2=O)CSCC3)s1. The van der Waals surface area contributed by atoms with Crippen LogP contribution in [0.2, 0.25) is 0 Å². The molecule has 0 radical (unpaired) electrons. The van der Waals surface area contributed by atoms with E-state index >= 15 is 0 Å². The fourth-order valence-corrected chi connectivity index (χ4v) is 6.04. The van der Waals surface area contributed by atoms with Gasteiger partial charge in [-0.25, -0.2) is 9.67 Å². The second kappa shape index (κ2) is 9.62. The predicted molar refractivity (Wildman–Crippen MR) is 121 cm³/mol. The number of carbonyl (C=O) groups excluding carboxylic acids is 1. The van der Waals surface area contributed by atoms with Crippen molar-refractivity contribution in [2.75, 3.05) is 25.4 Å². The molecule has 1 amide bonds. The lowest BCUT2D eigenvalue weighted by Gasteiger charge is -2.35. The summed E-state index contributed by atoms with van der Waals surface area (Å²) in [6, 6.07) is 2.06. The Morgan fingerprint density at radius 1 is 1.30 bits per heavy atom. The van der Waals surface area contributed by atoms with Gasteiger partial charge in [0, 0.05) is 37.4 Å². The molecule has 2 aromatic rings. The third-order valence-corrected chi connectivity index (χ3v) is 7.94. The van der Waals surface area contributed by atoms with E-state index in [4.69, 9.17) is 0 Å². The van der Waals surface area contributed by atoms with E-state index in [9.17, 15) is 9.59 Å². The van der Waals surface area contributed by atoms with Crippen molar-refractivity contribution in [3.8, 4) is 0 Å². The molecular formula is C21H29N5O2S2. The van der Waals surface area contributed by atoms with Gasteiger partial charge in [0.05, 0.1) is 22.9 Å². The molecule has 30 heavy (non-hydrogen) atoms. The summed E-state index contributed by atoms with van der Waals surface area (Å²) < 4.78 is 1.63. The van der Waals surface area contributed by atoms with Crippen LogP contribution in [0.4, 0.5) is 0 Å². The summed E-state index contributed by atoms with van der Waals surface area (Å²) in [4.78, 5) is 32.5. The summed E-state index contributed by atoms with van der Waals surface area (Å²) in [5.74, 6) is 1.93. The summed E-state index contributed by atoms with van der Waals surface area (Å²) in [6.45, 7) is 6.80. The van der Waals surface area contributed by atoms with Gasteiger partial charge in [0.15, 0.2) is 0 Å². The molecule has 0 aromatic carbocycles. The molecule has 162 valence electrons. The fraction of sp³-hybridized carbons (Fsp3) is 0.619. The highest BCUT2D eigenvalue weighted by Crippen LogP contribution is 2.22. The lowest BCUT2D eigenvalue weighted by Crippen LogP contribution is -2.48. The first-order valence-corrected chi connectivity index (χ1v) is 12.6. The van der Waals surface area contributed by atoms with Crippen molar-refractivity contribution in [1.29, 1.82) is 0 Å². The number of aromatic nitrogens is 3. The smallest absolute Gasteiger partial charge is 0.267 e. The van der Waals surface area contributed by atoms with E-state index < -0.39 is 0 Å². The van der Waals surface area contributed by atoms with Gasteiger partial charge < -0.3 is 5.32 Å². The molecule has 0 aliphatic carbocycles. The van der Waals surface area contributed by atoms with Gasteiger partial charge in [-0.05, 0) is 44.6 Å². The Hall–Kier alpha value is -1.71. The standard InChI is InChI=1S/C21H29N5O2S2/c1-14-20(30-15(2)23-14)21(28)22-12-17-5-3-4-7-25(17)8-9-26-19(27)11-16-13-29-10-6-18(16)24-26/h11,17H,3-10,12-13H2,1-2H3,(H,22,28). The number of amides is 1. The highest BCUT2D eigenvalue weighted by atomic mass is 32.2. The van der Waals surface area contributed by atoms with Crippen LogP contribution < -0.4 is 10.9 Å². The number of thioether (sulfide) groups is 1. The predicted octanol–water partition coefficient (Wildman–Crippen LogP) is 2.39. The third kappa shape index (κ3) is 4.95. The number of thiazole rings is 1. The molecule has 7 nitrogen and oxygen atoms in total. The van der Waals surface area contributed by atoms with Crippen molar-refractivity contribution in [3.05, 3.63) is 43.3 Å². The van der Waals surface area contributed by atoms with E-state index in [0.717, 1.165) is 65.8 Å². The van der Waals surface area contributed by atoms with Gasteiger partial charge in [-0.3, -0.25) is 14.5 Å². The van der Waals surface area contributed by atoms with Gasteiger partial charge in [-0.15, -0.1) is 11.3 Å². The lowest BCUT2D eigenvalue weighted by molar-refractivity contribution is 0.0912. The molecule has 2 aliphatic rings. The van der Waals surface area contributed by atoms with Crippen molar-refractivity contribution < 1.29 is 4.79 Å². The van der Waals surface area contributed by atoms with Crippen LogP contribution in [0, 0.1) is 13.8 Å². The van der Waals surface area contributed by atoms with Gasteiger partial charge in [0.25, 0.3) is 11.5 Å². The van der Waals surface area contributed by atoms with Crippen molar-refractivity contribution >= 4 is 29.0 Å². The van der Waals surface area contributed by atoms with Gasteiger partial charge >= 0.3 is 0 Å². The highest BCUT2D eigenvalue weighted by molar-refractivity contribution is 7.98. The Kier molecular flexibility index (Phi) is 6.90. The van der Waals surface area contributed by atoms with E-state index in [0.29, 0.717) is 24.0 Å². The maximum atomic E-state index is 12.6. The Balaban J connectivity index is 1.36. The molecule has 4 heterocycles. The summed E-state index contributed by atoms with van der Waals surface area (Å²) in [6.07, 6.45) is 4.33. The first-order valence-electron chi connectivity index (χ1n) is 10.6. The molecule has 1 atom stereocenters. The summed E-state index contributed by atoms with van der Waals surface area (Å²) >= 11 is 3.31. The molecule has 9 heteroatoms. The number of nitrogens with one attached hydrogen (secondary N) is 1. The Morgan fingerprint density at radius 3 is 2.97 bits per heavy atom. The summed E-state index contributed by atoms with van der Waals surface area (Å²) in [5, 5.41) is 8.66. The van der Waals surface area contributed by atoms with Gasteiger partial charge in [-0.2, -0.15) is 16.9 Å². The van der Waals surface area contributed by atoms with Crippen LogP contribution in [0.15, 0.2) is 10.9 Å². The molecule has 2 aliphatic heterocycles. The monoisotopic (exact) mass is 447 g/mol. The van der Waals surface area contributed by atoms with E-state index in [1.807, 2.05) is 25.6 Å². The molecule has 0 spiro atoms. The quantitative estimate of drug-likeness (QED) is 0.732. The molecular weight excluding hydrogens is 418 g/mol.